The van der Waals surface area contributed by atoms with Crippen LogP contribution in [0.3, 0.4) is 0 Å². The lowest BCUT2D eigenvalue weighted by molar-refractivity contribution is -0.385. The number of rotatable bonds is 7. The Labute approximate surface area is 178 Å². The number of carbonyl (C=O) groups is 1. The van der Waals surface area contributed by atoms with Crippen molar-refractivity contribution in [3.8, 4) is 17.2 Å². The maximum Gasteiger partial charge on any atom is 0.338 e. The number of carbonyl (C=O) groups excluding carboxylic acids is 1. The molecular weight excluding hydrogens is 445 g/mol. The molecule has 0 aliphatic carbocycles. The summed E-state index contributed by atoms with van der Waals surface area (Å²) in [6, 6.07) is 8.26. The van der Waals surface area contributed by atoms with E-state index in [-0.39, 0.29) is 40.1 Å². The van der Waals surface area contributed by atoms with Crippen LogP contribution < -0.4 is 9.47 Å². The van der Waals surface area contributed by atoms with Gasteiger partial charge in [0.15, 0.2) is 11.5 Å². The predicted molar refractivity (Wildman–Crippen MR) is 105 cm³/mol. The molecular formula is C17H11Cl2N3O6S. The van der Waals surface area contributed by atoms with Gasteiger partial charge in [-0.15, -0.1) is 5.10 Å². The second-order valence-electron chi connectivity index (χ2n) is 5.41. The average Bonchev–Trinajstić information content (AvgIpc) is 3.12. The van der Waals surface area contributed by atoms with Crippen molar-refractivity contribution >= 4 is 46.4 Å². The molecule has 3 aromatic rings. The number of hydrogen-bond acceptors (Lipinski definition) is 9. The Hall–Kier alpha value is -2.95. The lowest BCUT2D eigenvalue weighted by Crippen LogP contribution is -2.06. The van der Waals surface area contributed by atoms with Crippen LogP contribution in [0, 0.1) is 10.1 Å². The van der Waals surface area contributed by atoms with Gasteiger partial charge in [0.25, 0.3) is 0 Å². The minimum Gasteiger partial charge on any atom is -0.493 e. The molecule has 3 rings (SSSR count). The molecule has 1 aromatic heterocycles. The molecule has 0 fully saturated rings. The number of aromatic nitrogens is 2. The topological polar surface area (TPSA) is 114 Å². The largest absolute Gasteiger partial charge is 0.493 e. The van der Waals surface area contributed by atoms with E-state index in [0.717, 1.165) is 11.5 Å². The maximum absolute atomic E-state index is 12.3. The van der Waals surface area contributed by atoms with Gasteiger partial charge < -0.3 is 14.2 Å². The molecule has 12 heteroatoms. The molecule has 2 aromatic carbocycles. The number of halogens is 2. The second kappa shape index (κ2) is 9.03. The van der Waals surface area contributed by atoms with Crippen molar-refractivity contribution in [2.75, 3.05) is 7.11 Å². The standard InChI is InChI=1S/C17H11Cl2N3O6S/c1-26-15-6-9(17(23)27-8-11-16(19)29-21-20-11)2-4-14(15)28-13-5-3-10(18)7-12(13)22(24)25/h2-7H,8H2,1H3. The summed E-state index contributed by atoms with van der Waals surface area (Å²) in [5.74, 6) is -0.326. The molecule has 0 saturated carbocycles. The van der Waals surface area contributed by atoms with Gasteiger partial charge in [-0.25, -0.2) is 4.79 Å². The number of nitrogens with zero attached hydrogens (tertiary/aromatic N) is 3. The van der Waals surface area contributed by atoms with E-state index in [0.29, 0.717) is 10.0 Å². The van der Waals surface area contributed by atoms with Gasteiger partial charge in [0.05, 0.1) is 17.6 Å². The Morgan fingerprint density at radius 3 is 2.59 bits per heavy atom. The smallest absolute Gasteiger partial charge is 0.338 e. The summed E-state index contributed by atoms with van der Waals surface area (Å²) in [6.07, 6.45) is 0. The zero-order valence-corrected chi connectivity index (χ0v) is 17.0. The van der Waals surface area contributed by atoms with Gasteiger partial charge in [-0.2, -0.15) is 0 Å². The van der Waals surface area contributed by atoms with Crippen molar-refractivity contribution in [2.45, 2.75) is 6.61 Å². The number of hydrogen-bond donors (Lipinski definition) is 0. The fourth-order valence-electron chi connectivity index (χ4n) is 2.22. The average molecular weight is 456 g/mol. The minimum absolute atomic E-state index is 0.0290. The van der Waals surface area contributed by atoms with E-state index in [2.05, 4.69) is 9.59 Å². The molecule has 1 heterocycles. The third kappa shape index (κ3) is 4.91. The third-order valence-corrected chi connectivity index (χ3v) is 4.81. The molecule has 0 radical (unpaired) electrons. The highest BCUT2D eigenvalue weighted by atomic mass is 35.5. The molecule has 0 amide bonds. The highest BCUT2D eigenvalue weighted by Crippen LogP contribution is 2.38. The van der Waals surface area contributed by atoms with Gasteiger partial charge in [0, 0.05) is 22.6 Å². The summed E-state index contributed by atoms with van der Waals surface area (Å²) in [5, 5.41) is 15.2. The van der Waals surface area contributed by atoms with Crippen LogP contribution in [0.4, 0.5) is 5.69 Å². The SMILES string of the molecule is COc1cc(C(=O)OCc2nnsc2Cl)ccc1Oc1ccc(Cl)cc1[N+](=O)[O-]. The summed E-state index contributed by atoms with van der Waals surface area (Å²) < 4.78 is 20.0. The molecule has 0 N–H and O–H groups in total. The molecule has 0 aliphatic rings. The first kappa shape index (κ1) is 20.8. The van der Waals surface area contributed by atoms with Crippen LogP contribution in [-0.4, -0.2) is 27.6 Å². The summed E-state index contributed by atoms with van der Waals surface area (Å²) in [5.41, 5.74) is 0.225. The predicted octanol–water partition coefficient (Wildman–Crippen LogP) is 4.91. The molecule has 0 saturated heterocycles. The van der Waals surface area contributed by atoms with E-state index in [4.69, 9.17) is 37.4 Å². The number of nitro groups is 1. The fourth-order valence-corrected chi connectivity index (χ4v) is 2.98. The Bertz CT molecular complexity index is 1080. The van der Waals surface area contributed by atoms with Crippen molar-refractivity contribution in [1.82, 2.24) is 9.59 Å². The Morgan fingerprint density at radius 1 is 1.17 bits per heavy atom. The lowest BCUT2D eigenvalue weighted by atomic mass is 10.2. The molecule has 29 heavy (non-hydrogen) atoms. The van der Waals surface area contributed by atoms with Crippen LogP contribution >= 0.6 is 34.7 Å². The first-order chi connectivity index (χ1) is 13.9. The molecule has 0 aliphatic heterocycles. The monoisotopic (exact) mass is 455 g/mol. The molecule has 0 spiro atoms. The maximum atomic E-state index is 12.3. The summed E-state index contributed by atoms with van der Waals surface area (Å²) in [7, 11) is 1.37. The van der Waals surface area contributed by atoms with Crippen LogP contribution in [0.5, 0.6) is 17.2 Å². The number of ether oxygens (including phenoxy) is 3. The van der Waals surface area contributed by atoms with E-state index in [1.165, 1.54) is 43.5 Å². The van der Waals surface area contributed by atoms with Crippen LogP contribution in [0.2, 0.25) is 9.36 Å². The number of nitro benzene ring substituents is 1. The summed E-state index contributed by atoms with van der Waals surface area (Å²) in [4.78, 5) is 22.9. The Kier molecular flexibility index (Phi) is 6.47. The molecule has 0 bridgehead atoms. The van der Waals surface area contributed by atoms with Crippen molar-refractivity contribution in [3.05, 3.63) is 67.1 Å². The number of benzene rings is 2. The highest BCUT2D eigenvalue weighted by Gasteiger charge is 2.19. The van der Waals surface area contributed by atoms with Gasteiger partial charge in [-0.1, -0.05) is 27.7 Å². The van der Waals surface area contributed by atoms with Crippen molar-refractivity contribution in [2.24, 2.45) is 0 Å². The van der Waals surface area contributed by atoms with Gasteiger partial charge >= 0.3 is 11.7 Å². The first-order valence-electron chi connectivity index (χ1n) is 7.82. The molecule has 150 valence electrons. The summed E-state index contributed by atoms with van der Waals surface area (Å²) >= 11 is 12.7. The van der Waals surface area contributed by atoms with E-state index in [1.807, 2.05) is 0 Å². The number of esters is 1. The zero-order valence-electron chi connectivity index (χ0n) is 14.6. The quantitative estimate of drug-likeness (QED) is 0.280. The van der Waals surface area contributed by atoms with Crippen LogP contribution in [-0.2, 0) is 11.3 Å². The van der Waals surface area contributed by atoms with E-state index < -0.39 is 10.9 Å². The van der Waals surface area contributed by atoms with E-state index >= 15 is 0 Å². The highest BCUT2D eigenvalue weighted by molar-refractivity contribution is 7.10. The molecule has 0 atom stereocenters. The van der Waals surface area contributed by atoms with Gasteiger partial charge in [0.1, 0.15) is 16.6 Å². The summed E-state index contributed by atoms with van der Waals surface area (Å²) in [6.45, 7) is -0.133. The van der Waals surface area contributed by atoms with Gasteiger partial charge in [-0.3, -0.25) is 10.1 Å². The van der Waals surface area contributed by atoms with Crippen molar-refractivity contribution in [3.63, 3.8) is 0 Å². The van der Waals surface area contributed by atoms with E-state index in [1.54, 1.807) is 0 Å². The fraction of sp³-hybridized carbons (Fsp3) is 0.118. The zero-order chi connectivity index (χ0) is 21.0. The first-order valence-corrected chi connectivity index (χ1v) is 9.35. The Balaban J connectivity index is 1.79. The van der Waals surface area contributed by atoms with Crippen molar-refractivity contribution in [1.29, 1.82) is 0 Å². The molecule has 9 nitrogen and oxygen atoms in total. The molecule has 0 unspecified atom stereocenters. The van der Waals surface area contributed by atoms with Crippen LogP contribution in [0.25, 0.3) is 0 Å². The minimum atomic E-state index is -0.642. The normalized spacial score (nSPS) is 10.4. The van der Waals surface area contributed by atoms with Gasteiger partial charge in [-0.05, 0) is 30.3 Å². The van der Waals surface area contributed by atoms with Crippen LogP contribution in [0.15, 0.2) is 36.4 Å². The number of methoxy groups -OCH3 is 1. The second-order valence-corrected chi connectivity index (χ2v) is 7.20. The van der Waals surface area contributed by atoms with Gasteiger partial charge in [0.2, 0.25) is 5.75 Å². The van der Waals surface area contributed by atoms with Crippen molar-refractivity contribution < 1.29 is 23.9 Å². The third-order valence-electron chi connectivity index (χ3n) is 3.59. The van der Waals surface area contributed by atoms with E-state index in [9.17, 15) is 14.9 Å². The Morgan fingerprint density at radius 2 is 1.93 bits per heavy atom. The van der Waals surface area contributed by atoms with Crippen LogP contribution in [0.1, 0.15) is 16.1 Å². The lowest BCUT2D eigenvalue weighted by Gasteiger charge is -2.12.